The van der Waals surface area contributed by atoms with Crippen molar-refractivity contribution < 1.29 is 14.6 Å². The van der Waals surface area contributed by atoms with Crippen LogP contribution in [0.2, 0.25) is 0 Å². The molecule has 0 heterocycles. The molecule has 0 saturated heterocycles. The predicted octanol–water partition coefficient (Wildman–Crippen LogP) is 4.82. The monoisotopic (exact) mass is 346 g/mol. The molecule has 0 spiro atoms. The molecule has 25 heavy (non-hydrogen) atoms. The Hall–Kier alpha value is -1.35. The second-order valence-corrected chi connectivity index (χ2v) is 8.22. The van der Waals surface area contributed by atoms with Gasteiger partial charge in [0.2, 0.25) is 0 Å². The maximum atomic E-state index is 11.5. The zero-order valence-corrected chi connectivity index (χ0v) is 16.4. The van der Waals surface area contributed by atoms with Crippen LogP contribution in [0.25, 0.3) is 0 Å². The highest BCUT2D eigenvalue weighted by Crippen LogP contribution is 2.48. The molecule has 0 radical (unpaired) electrons. The predicted molar refractivity (Wildman–Crippen MR) is 102 cm³/mol. The summed E-state index contributed by atoms with van der Waals surface area (Å²) in [6.45, 7) is 14.3. The van der Waals surface area contributed by atoms with Gasteiger partial charge in [-0.2, -0.15) is 0 Å². The van der Waals surface area contributed by atoms with Crippen molar-refractivity contribution in [2.45, 2.75) is 72.5 Å². The highest BCUT2D eigenvalue weighted by atomic mass is 16.5. The van der Waals surface area contributed by atoms with Gasteiger partial charge in [-0.05, 0) is 64.4 Å². The molecule has 1 saturated carbocycles. The number of hydrogen-bond donors (Lipinski definition) is 1. The Morgan fingerprint density at radius 1 is 1.40 bits per heavy atom. The first-order valence-electron chi connectivity index (χ1n) is 9.57. The maximum Gasteiger partial charge on any atom is 0.303 e. The molecule has 0 bridgehead atoms. The number of esters is 1. The Balaban J connectivity index is 2.16. The van der Waals surface area contributed by atoms with Crippen molar-refractivity contribution in [2.24, 2.45) is 23.7 Å². The maximum absolute atomic E-state index is 11.5. The summed E-state index contributed by atoms with van der Waals surface area (Å²) in [5.41, 5.74) is 3.59. The molecular formula is C22H34O3. The van der Waals surface area contributed by atoms with Crippen LogP contribution in [0.3, 0.4) is 0 Å². The van der Waals surface area contributed by atoms with E-state index in [1.54, 1.807) is 0 Å². The van der Waals surface area contributed by atoms with Crippen LogP contribution in [-0.4, -0.2) is 23.3 Å². The summed E-state index contributed by atoms with van der Waals surface area (Å²) < 4.78 is 5.52. The first-order valence-corrected chi connectivity index (χ1v) is 9.57. The van der Waals surface area contributed by atoms with E-state index in [0.29, 0.717) is 5.92 Å². The fraction of sp³-hybridized carbons (Fsp3) is 0.682. The first-order chi connectivity index (χ1) is 11.7. The Kier molecular flexibility index (Phi) is 6.67. The minimum Gasteiger partial charge on any atom is -0.458 e. The largest absolute Gasteiger partial charge is 0.458 e. The van der Waals surface area contributed by atoms with Gasteiger partial charge in [-0.15, -0.1) is 0 Å². The van der Waals surface area contributed by atoms with Crippen molar-refractivity contribution in [1.29, 1.82) is 0 Å². The fourth-order valence-corrected chi connectivity index (χ4v) is 4.65. The van der Waals surface area contributed by atoms with Gasteiger partial charge in [-0.3, -0.25) is 4.79 Å². The van der Waals surface area contributed by atoms with Crippen LogP contribution in [0, 0.1) is 23.7 Å². The second-order valence-electron chi connectivity index (χ2n) is 8.22. The standard InChI is InChI=1S/C22H34O3/c1-13(2)8-7-9-14(3)18-11-10-15(4)20-19(25-17(6)23)12-16(5)21(20)22(18)24/h8,12,14,18-22,24H,4,7,9-11H2,1-3,5-6H3/t14-,18+,19-,20-,21-,22-/m1/s1. The SMILES string of the molecule is C=C1CC[C@@H]([C@H](C)CCC=C(C)C)[C@@H](O)[C@@H]2C(C)=C[C@@H](OC(C)=O)[C@@H]12. The number of fused-ring (bicyclic) bond motifs is 1. The zero-order chi connectivity index (χ0) is 18.7. The number of carbonyl (C=O) groups excluding carboxylic acids is 1. The van der Waals surface area contributed by atoms with Crippen molar-refractivity contribution >= 4 is 5.97 Å². The van der Waals surface area contributed by atoms with Crippen LogP contribution >= 0.6 is 0 Å². The van der Waals surface area contributed by atoms with Crippen molar-refractivity contribution in [1.82, 2.24) is 0 Å². The number of ether oxygens (including phenoxy) is 1. The number of rotatable bonds is 5. The third kappa shape index (κ3) is 4.63. The average Bonchev–Trinajstić information content (AvgIpc) is 2.74. The molecule has 0 aliphatic heterocycles. The van der Waals surface area contributed by atoms with E-state index < -0.39 is 6.10 Å². The normalized spacial score (nSPS) is 33.1. The molecule has 2 rings (SSSR count). The summed E-state index contributed by atoms with van der Waals surface area (Å²) in [6.07, 6.45) is 7.63. The lowest BCUT2D eigenvalue weighted by atomic mass is 9.76. The molecule has 6 atom stereocenters. The van der Waals surface area contributed by atoms with Crippen LogP contribution in [0.4, 0.5) is 0 Å². The van der Waals surface area contributed by atoms with E-state index >= 15 is 0 Å². The zero-order valence-electron chi connectivity index (χ0n) is 16.4. The van der Waals surface area contributed by atoms with Gasteiger partial charge in [0.25, 0.3) is 0 Å². The highest BCUT2D eigenvalue weighted by Gasteiger charge is 2.47. The lowest BCUT2D eigenvalue weighted by molar-refractivity contribution is -0.146. The quantitative estimate of drug-likeness (QED) is 0.573. The minimum atomic E-state index is -0.400. The Morgan fingerprint density at radius 2 is 2.08 bits per heavy atom. The first kappa shape index (κ1) is 20.0. The Labute approximate surface area is 152 Å². The molecule has 1 fully saturated rings. The van der Waals surface area contributed by atoms with E-state index in [1.165, 1.54) is 12.5 Å². The van der Waals surface area contributed by atoms with E-state index in [-0.39, 0.29) is 29.8 Å². The van der Waals surface area contributed by atoms with Crippen molar-refractivity contribution in [3.8, 4) is 0 Å². The molecule has 1 N–H and O–H groups in total. The second kappa shape index (κ2) is 8.35. The minimum absolute atomic E-state index is 0.0221. The number of aliphatic hydroxyl groups excluding tert-OH is 1. The van der Waals surface area contributed by atoms with Crippen LogP contribution < -0.4 is 0 Å². The number of hydrogen-bond acceptors (Lipinski definition) is 3. The summed E-state index contributed by atoms with van der Waals surface area (Å²) in [6, 6.07) is 0. The smallest absolute Gasteiger partial charge is 0.303 e. The molecule has 3 nitrogen and oxygen atoms in total. The van der Waals surface area contributed by atoms with Crippen LogP contribution in [0.5, 0.6) is 0 Å². The highest BCUT2D eigenvalue weighted by molar-refractivity contribution is 5.66. The van der Waals surface area contributed by atoms with Crippen LogP contribution in [0.1, 0.15) is 60.3 Å². The summed E-state index contributed by atoms with van der Waals surface area (Å²) in [7, 11) is 0. The van der Waals surface area contributed by atoms with Crippen molar-refractivity contribution in [2.75, 3.05) is 0 Å². The Bertz CT molecular complexity index is 568. The van der Waals surface area contributed by atoms with Gasteiger partial charge >= 0.3 is 5.97 Å². The lowest BCUT2D eigenvalue weighted by Crippen LogP contribution is -2.37. The van der Waals surface area contributed by atoms with Crippen molar-refractivity contribution in [3.05, 3.63) is 35.5 Å². The molecule has 2 aliphatic carbocycles. The van der Waals surface area contributed by atoms with Gasteiger partial charge in [0.1, 0.15) is 6.10 Å². The molecule has 0 unspecified atom stereocenters. The van der Waals surface area contributed by atoms with E-state index in [0.717, 1.165) is 36.8 Å². The number of aliphatic hydroxyl groups is 1. The summed E-state index contributed by atoms with van der Waals surface area (Å²) in [5, 5.41) is 11.2. The summed E-state index contributed by atoms with van der Waals surface area (Å²) in [4.78, 5) is 11.5. The molecule has 2 aliphatic rings. The molecular weight excluding hydrogens is 312 g/mol. The van der Waals surface area contributed by atoms with Gasteiger partial charge in [0, 0.05) is 18.8 Å². The summed E-state index contributed by atoms with van der Waals surface area (Å²) >= 11 is 0. The Morgan fingerprint density at radius 3 is 2.68 bits per heavy atom. The third-order valence-corrected chi connectivity index (χ3v) is 5.98. The molecule has 0 amide bonds. The molecule has 0 aromatic heterocycles. The van der Waals surface area contributed by atoms with Gasteiger partial charge in [0.05, 0.1) is 6.10 Å². The number of allylic oxidation sites excluding steroid dienone is 2. The van der Waals surface area contributed by atoms with Gasteiger partial charge in [0.15, 0.2) is 0 Å². The van der Waals surface area contributed by atoms with Crippen LogP contribution in [-0.2, 0) is 9.53 Å². The van der Waals surface area contributed by atoms with E-state index in [1.807, 2.05) is 13.0 Å². The topological polar surface area (TPSA) is 46.5 Å². The van der Waals surface area contributed by atoms with E-state index in [2.05, 4.69) is 33.4 Å². The molecule has 0 aromatic carbocycles. The molecule has 0 aromatic rings. The number of carbonyl (C=O) groups is 1. The van der Waals surface area contributed by atoms with E-state index in [9.17, 15) is 9.90 Å². The summed E-state index contributed by atoms with van der Waals surface area (Å²) in [5.74, 6) is 0.492. The average molecular weight is 347 g/mol. The fourth-order valence-electron chi connectivity index (χ4n) is 4.65. The van der Waals surface area contributed by atoms with E-state index in [4.69, 9.17) is 4.74 Å². The molecule has 3 heteroatoms. The van der Waals surface area contributed by atoms with Crippen molar-refractivity contribution in [3.63, 3.8) is 0 Å². The molecule has 140 valence electrons. The van der Waals surface area contributed by atoms with Gasteiger partial charge in [-0.1, -0.05) is 36.3 Å². The van der Waals surface area contributed by atoms with Gasteiger partial charge in [-0.25, -0.2) is 0 Å². The van der Waals surface area contributed by atoms with Crippen LogP contribution in [0.15, 0.2) is 35.5 Å². The third-order valence-electron chi connectivity index (χ3n) is 5.98. The lowest BCUT2D eigenvalue weighted by Gasteiger charge is -2.33. The van der Waals surface area contributed by atoms with Gasteiger partial charge < -0.3 is 9.84 Å².